The number of anilines is 4. The van der Waals surface area contributed by atoms with E-state index in [1.165, 1.54) is 11.3 Å². The Morgan fingerprint density at radius 3 is 2.59 bits per heavy atom. The highest BCUT2D eigenvalue weighted by molar-refractivity contribution is 5.70. The second-order valence-corrected chi connectivity index (χ2v) is 8.67. The van der Waals surface area contributed by atoms with Gasteiger partial charge in [0.05, 0.1) is 37.8 Å². The molecule has 2 saturated heterocycles. The lowest BCUT2D eigenvalue weighted by atomic mass is 10.1. The Labute approximate surface area is 200 Å². The van der Waals surface area contributed by atoms with Gasteiger partial charge in [0, 0.05) is 49.1 Å². The Hall–Kier alpha value is -3.36. The first-order chi connectivity index (χ1) is 16.7. The maximum atomic E-state index is 6.31. The van der Waals surface area contributed by atoms with Crippen molar-refractivity contribution in [1.29, 1.82) is 0 Å². The molecule has 3 N–H and O–H groups in total. The van der Waals surface area contributed by atoms with Gasteiger partial charge < -0.3 is 30.2 Å². The minimum absolute atomic E-state index is 0.147. The fourth-order valence-corrected chi connectivity index (χ4v) is 4.33. The number of rotatable bonds is 6. The lowest BCUT2D eigenvalue weighted by Crippen LogP contribution is -2.36. The van der Waals surface area contributed by atoms with Crippen molar-refractivity contribution in [2.24, 2.45) is 0 Å². The molecule has 5 rings (SSSR count). The summed E-state index contributed by atoms with van der Waals surface area (Å²) in [6, 6.07) is 14.0. The summed E-state index contributed by atoms with van der Waals surface area (Å²) in [4.78, 5) is 11.5. The van der Waals surface area contributed by atoms with Crippen LogP contribution in [0.15, 0.2) is 48.7 Å². The molecular weight excluding hydrogens is 430 g/mol. The van der Waals surface area contributed by atoms with Gasteiger partial charge in [-0.2, -0.15) is 0 Å². The number of nitrogen functional groups attached to an aromatic ring is 1. The Balaban J connectivity index is 1.31. The third-order valence-corrected chi connectivity index (χ3v) is 6.24. The third-order valence-electron chi connectivity index (χ3n) is 6.24. The van der Waals surface area contributed by atoms with Gasteiger partial charge in [-0.3, -0.25) is 0 Å². The average molecular weight is 462 g/mol. The number of morpholine rings is 1. The number of ether oxygens (including phenoxy) is 3. The third kappa shape index (κ3) is 5.24. The molecule has 0 spiro atoms. The lowest BCUT2D eigenvalue weighted by Gasteiger charge is -2.30. The van der Waals surface area contributed by atoms with Crippen LogP contribution in [0.3, 0.4) is 0 Å². The second-order valence-electron chi connectivity index (χ2n) is 8.67. The number of benzene rings is 2. The summed E-state index contributed by atoms with van der Waals surface area (Å²) in [5.41, 5.74) is 12.0. The van der Waals surface area contributed by atoms with Crippen molar-refractivity contribution in [3.8, 4) is 17.0 Å². The summed E-state index contributed by atoms with van der Waals surface area (Å²) in [5, 5.41) is 3.35. The van der Waals surface area contributed by atoms with Crippen LogP contribution in [0, 0.1) is 6.92 Å². The highest BCUT2D eigenvalue weighted by Crippen LogP contribution is 2.31. The Morgan fingerprint density at radius 2 is 1.79 bits per heavy atom. The highest BCUT2D eigenvalue weighted by atomic mass is 16.5. The van der Waals surface area contributed by atoms with Crippen molar-refractivity contribution < 1.29 is 14.2 Å². The smallest absolute Gasteiger partial charge is 0.227 e. The van der Waals surface area contributed by atoms with Crippen LogP contribution < -0.4 is 20.7 Å². The van der Waals surface area contributed by atoms with E-state index in [1.807, 2.05) is 24.3 Å². The standard InChI is InChI=1S/C26H31N5O3/c1-18-2-4-20(17-24(18)31-10-14-33-15-11-31)29-26-28-9-6-23(30-26)19-3-5-25(22(27)16-19)34-21-7-12-32-13-8-21/h2-6,9,16-17,21H,7-8,10-15,27H2,1H3,(H,28,29,30). The van der Waals surface area contributed by atoms with E-state index in [2.05, 4.69) is 40.3 Å². The van der Waals surface area contributed by atoms with Gasteiger partial charge in [-0.1, -0.05) is 6.07 Å². The van der Waals surface area contributed by atoms with Crippen molar-refractivity contribution >= 4 is 23.0 Å². The van der Waals surface area contributed by atoms with Crippen LogP contribution in [0.25, 0.3) is 11.3 Å². The monoisotopic (exact) mass is 461 g/mol. The van der Waals surface area contributed by atoms with E-state index < -0.39 is 0 Å². The van der Waals surface area contributed by atoms with E-state index in [1.54, 1.807) is 6.20 Å². The SMILES string of the molecule is Cc1ccc(Nc2nccc(-c3ccc(OC4CCOCC4)c(N)c3)n2)cc1N1CCOCC1. The Kier molecular flexibility index (Phi) is 6.78. The van der Waals surface area contributed by atoms with Gasteiger partial charge >= 0.3 is 0 Å². The first-order valence-electron chi connectivity index (χ1n) is 11.8. The lowest BCUT2D eigenvalue weighted by molar-refractivity contribution is 0.0259. The minimum atomic E-state index is 0.147. The number of hydrogen-bond acceptors (Lipinski definition) is 8. The van der Waals surface area contributed by atoms with Gasteiger partial charge in [0.1, 0.15) is 11.9 Å². The molecule has 34 heavy (non-hydrogen) atoms. The molecule has 3 aromatic rings. The molecule has 3 heterocycles. The molecule has 0 atom stereocenters. The quantitative estimate of drug-likeness (QED) is 0.528. The van der Waals surface area contributed by atoms with Crippen LogP contribution in [0.1, 0.15) is 18.4 Å². The summed E-state index contributed by atoms with van der Waals surface area (Å²) in [6.45, 7) is 6.89. The van der Waals surface area contributed by atoms with Crippen molar-refractivity contribution in [2.45, 2.75) is 25.9 Å². The molecule has 0 radical (unpaired) electrons. The van der Waals surface area contributed by atoms with Gasteiger partial charge in [0.15, 0.2) is 0 Å². The molecule has 2 aliphatic heterocycles. The molecule has 2 aromatic carbocycles. The van der Waals surface area contributed by atoms with Crippen LogP contribution in [-0.2, 0) is 9.47 Å². The van der Waals surface area contributed by atoms with Crippen molar-refractivity contribution in [1.82, 2.24) is 9.97 Å². The zero-order valence-corrected chi connectivity index (χ0v) is 19.5. The summed E-state index contributed by atoms with van der Waals surface area (Å²) >= 11 is 0. The fourth-order valence-electron chi connectivity index (χ4n) is 4.33. The predicted octanol–water partition coefficient (Wildman–Crippen LogP) is 4.17. The number of aromatic nitrogens is 2. The molecule has 0 unspecified atom stereocenters. The molecule has 2 aliphatic rings. The largest absolute Gasteiger partial charge is 0.488 e. The van der Waals surface area contributed by atoms with Crippen molar-refractivity contribution in [3.63, 3.8) is 0 Å². The molecule has 2 fully saturated rings. The van der Waals surface area contributed by atoms with E-state index in [4.69, 9.17) is 24.9 Å². The minimum Gasteiger partial charge on any atom is -0.488 e. The molecule has 178 valence electrons. The van der Waals surface area contributed by atoms with E-state index in [0.29, 0.717) is 17.4 Å². The van der Waals surface area contributed by atoms with Crippen LogP contribution in [0.5, 0.6) is 5.75 Å². The first kappa shape index (κ1) is 22.4. The Morgan fingerprint density at radius 1 is 1.00 bits per heavy atom. The van der Waals surface area contributed by atoms with Gasteiger partial charge in [-0.15, -0.1) is 0 Å². The average Bonchev–Trinajstić information content (AvgIpc) is 2.88. The van der Waals surface area contributed by atoms with E-state index in [9.17, 15) is 0 Å². The summed E-state index contributed by atoms with van der Waals surface area (Å²) in [6.07, 6.45) is 3.67. The van der Waals surface area contributed by atoms with Gasteiger partial charge in [0.25, 0.3) is 0 Å². The molecule has 0 bridgehead atoms. The van der Waals surface area contributed by atoms with E-state index in [-0.39, 0.29) is 6.10 Å². The molecular formula is C26H31N5O3. The molecule has 0 saturated carbocycles. The molecule has 0 aliphatic carbocycles. The molecule has 8 heteroatoms. The van der Waals surface area contributed by atoms with Crippen LogP contribution in [0.4, 0.5) is 23.0 Å². The summed E-state index contributed by atoms with van der Waals surface area (Å²) < 4.78 is 17.0. The first-order valence-corrected chi connectivity index (χ1v) is 11.8. The fraction of sp³-hybridized carbons (Fsp3) is 0.385. The second kappa shape index (κ2) is 10.3. The number of aryl methyl sites for hydroxylation is 1. The van der Waals surface area contributed by atoms with Crippen LogP contribution in [-0.4, -0.2) is 55.6 Å². The summed E-state index contributed by atoms with van der Waals surface area (Å²) in [7, 11) is 0. The van der Waals surface area contributed by atoms with Crippen LogP contribution >= 0.6 is 0 Å². The number of hydrogen-bond donors (Lipinski definition) is 2. The van der Waals surface area contributed by atoms with Gasteiger partial charge in [-0.05, 0) is 48.9 Å². The predicted molar refractivity (Wildman–Crippen MR) is 134 cm³/mol. The topological polar surface area (TPSA) is 94.8 Å². The Bertz CT molecular complexity index is 1130. The maximum Gasteiger partial charge on any atom is 0.227 e. The number of nitrogens with one attached hydrogen (secondary N) is 1. The van der Waals surface area contributed by atoms with Crippen LogP contribution in [0.2, 0.25) is 0 Å². The summed E-state index contributed by atoms with van der Waals surface area (Å²) in [5.74, 6) is 1.24. The zero-order valence-electron chi connectivity index (χ0n) is 19.5. The zero-order chi connectivity index (χ0) is 23.3. The number of nitrogens with two attached hydrogens (primary N) is 1. The highest BCUT2D eigenvalue weighted by Gasteiger charge is 2.17. The molecule has 8 nitrogen and oxygen atoms in total. The molecule has 1 aromatic heterocycles. The molecule has 0 amide bonds. The van der Waals surface area contributed by atoms with Crippen molar-refractivity contribution in [2.75, 3.05) is 55.5 Å². The van der Waals surface area contributed by atoms with E-state index >= 15 is 0 Å². The van der Waals surface area contributed by atoms with Gasteiger partial charge in [-0.25, -0.2) is 9.97 Å². The maximum absolute atomic E-state index is 6.31. The normalized spacial score (nSPS) is 16.9. The number of nitrogens with zero attached hydrogens (tertiary/aromatic N) is 3. The van der Waals surface area contributed by atoms with E-state index in [0.717, 1.165) is 69.3 Å². The van der Waals surface area contributed by atoms with Crippen molar-refractivity contribution in [3.05, 3.63) is 54.2 Å². The van der Waals surface area contributed by atoms with Gasteiger partial charge in [0.2, 0.25) is 5.95 Å².